The van der Waals surface area contributed by atoms with Gasteiger partial charge in [-0.05, 0) is 17.7 Å². The maximum absolute atomic E-state index is 9.20. The van der Waals surface area contributed by atoms with Crippen molar-refractivity contribution in [2.75, 3.05) is 5.73 Å². The van der Waals surface area contributed by atoms with Gasteiger partial charge in [-0.3, -0.25) is 0 Å². The first-order valence-electron chi connectivity index (χ1n) is 4.41. The Bertz CT molecular complexity index is 437. The number of aromatic hydroxyl groups is 1. The average Bonchev–Trinajstić information content (AvgIpc) is 2.19. The molecule has 0 spiro atoms. The topological polar surface area (TPSA) is 46.2 Å². The lowest BCUT2D eigenvalue weighted by atomic mass is 10.0. The second kappa shape index (κ2) is 3.42. The summed E-state index contributed by atoms with van der Waals surface area (Å²) in [4.78, 5) is 0. The van der Waals surface area contributed by atoms with Crippen LogP contribution in [-0.4, -0.2) is 5.11 Å². The second-order valence-corrected chi connectivity index (χ2v) is 3.14. The van der Waals surface area contributed by atoms with E-state index in [2.05, 4.69) is 0 Å². The van der Waals surface area contributed by atoms with Crippen LogP contribution >= 0.6 is 0 Å². The summed E-state index contributed by atoms with van der Waals surface area (Å²) in [6, 6.07) is 14.9. The van der Waals surface area contributed by atoms with Crippen molar-refractivity contribution < 1.29 is 5.11 Å². The number of phenolic OH excluding ortho intramolecular Hbond substituents is 1. The Labute approximate surface area is 82.6 Å². The van der Waals surface area contributed by atoms with E-state index in [1.807, 2.05) is 36.4 Å². The van der Waals surface area contributed by atoms with Crippen LogP contribution in [0.1, 0.15) is 0 Å². The summed E-state index contributed by atoms with van der Waals surface area (Å²) in [5.41, 5.74) is 8.39. The fraction of sp³-hybridized carbons (Fsp3) is 0. The van der Waals surface area contributed by atoms with Crippen LogP contribution in [0.25, 0.3) is 11.1 Å². The van der Waals surface area contributed by atoms with Crippen LogP contribution < -0.4 is 5.73 Å². The minimum absolute atomic E-state index is 0.196. The van der Waals surface area contributed by atoms with Gasteiger partial charge in [0.25, 0.3) is 0 Å². The molecule has 2 aromatic rings. The van der Waals surface area contributed by atoms with E-state index in [1.165, 1.54) is 0 Å². The van der Waals surface area contributed by atoms with Gasteiger partial charge in [0.1, 0.15) is 5.75 Å². The van der Waals surface area contributed by atoms with Crippen LogP contribution in [-0.2, 0) is 0 Å². The Morgan fingerprint density at radius 2 is 1.64 bits per heavy atom. The quantitative estimate of drug-likeness (QED) is 0.671. The average molecular weight is 185 g/mol. The number of nitrogens with two attached hydrogens (primary N) is 1. The molecule has 0 atom stereocenters. The van der Waals surface area contributed by atoms with E-state index in [1.54, 1.807) is 12.1 Å². The summed E-state index contributed by atoms with van der Waals surface area (Å²) in [5, 5.41) is 9.20. The van der Waals surface area contributed by atoms with Crippen molar-refractivity contribution in [2.24, 2.45) is 0 Å². The third kappa shape index (κ3) is 1.55. The Morgan fingerprint density at radius 3 is 2.29 bits per heavy atom. The number of anilines is 1. The molecule has 14 heavy (non-hydrogen) atoms. The van der Waals surface area contributed by atoms with E-state index < -0.39 is 0 Å². The van der Waals surface area contributed by atoms with Crippen LogP contribution in [0.4, 0.5) is 5.69 Å². The van der Waals surface area contributed by atoms with Crippen LogP contribution in [0, 0.1) is 0 Å². The molecule has 0 aliphatic carbocycles. The van der Waals surface area contributed by atoms with Gasteiger partial charge in [0.2, 0.25) is 0 Å². The van der Waals surface area contributed by atoms with Gasteiger partial charge in [-0.15, -0.1) is 0 Å². The van der Waals surface area contributed by atoms with Gasteiger partial charge >= 0.3 is 0 Å². The number of rotatable bonds is 1. The summed E-state index contributed by atoms with van der Waals surface area (Å²) in [7, 11) is 0. The maximum Gasteiger partial charge on any atom is 0.117 e. The molecule has 0 aliphatic rings. The molecule has 2 nitrogen and oxygen atoms in total. The van der Waals surface area contributed by atoms with Crippen molar-refractivity contribution in [3.63, 3.8) is 0 Å². The third-order valence-electron chi connectivity index (χ3n) is 2.12. The summed E-state index contributed by atoms with van der Waals surface area (Å²) < 4.78 is 0. The van der Waals surface area contributed by atoms with E-state index >= 15 is 0 Å². The Hall–Kier alpha value is -1.96. The van der Waals surface area contributed by atoms with Gasteiger partial charge in [0.15, 0.2) is 0 Å². The highest BCUT2D eigenvalue weighted by atomic mass is 16.3. The summed E-state index contributed by atoms with van der Waals surface area (Å²) in [6.45, 7) is 0. The first kappa shape index (κ1) is 8.63. The minimum Gasteiger partial charge on any atom is -0.508 e. The van der Waals surface area contributed by atoms with Crippen LogP contribution in [0.2, 0.25) is 0 Å². The van der Waals surface area contributed by atoms with E-state index in [-0.39, 0.29) is 5.75 Å². The first-order valence-corrected chi connectivity index (χ1v) is 4.41. The summed E-state index contributed by atoms with van der Waals surface area (Å²) >= 11 is 0. The molecule has 3 N–H and O–H groups in total. The number of hydrogen-bond donors (Lipinski definition) is 2. The predicted molar refractivity (Wildman–Crippen MR) is 58.0 cm³/mol. The lowest BCUT2D eigenvalue weighted by molar-refractivity contribution is 0.476. The fourth-order valence-corrected chi connectivity index (χ4v) is 1.43. The van der Waals surface area contributed by atoms with Gasteiger partial charge in [-0.2, -0.15) is 0 Å². The smallest absolute Gasteiger partial charge is 0.117 e. The van der Waals surface area contributed by atoms with Crippen molar-refractivity contribution in [3.8, 4) is 16.9 Å². The van der Waals surface area contributed by atoms with Crippen LogP contribution in [0.15, 0.2) is 48.5 Å². The largest absolute Gasteiger partial charge is 0.508 e. The first-order chi connectivity index (χ1) is 6.77. The van der Waals surface area contributed by atoms with Gasteiger partial charge in [0, 0.05) is 17.3 Å². The molecular formula is C12H11NO. The van der Waals surface area contributed by atoms with E-state index in [0.717, 1.165) is 11.1 Å². The molecule has 70 valence electrons. The lowest BCUT2D eigenvalue weighted by Crippen LogP contribution is -1.88. The molecule has 2 aromatic carbocycles. The van der Waals surface area contributed by atoms with Crippen molar-refractivity contribution in [1.82, 2.24) is 0 Å². The van der Waals surface area contributed by atoms with Crippen molar-refractivity contribution in [1.29, 1.82) is 0 Å². The number of hydrogen-bond acceptors (Lipinski definition) is 2. The fourth-order valence-electron chi connectivity index (χ4n) is 1.43. The monoisotopic (exact) mass is 185 g/mol. The molecule has 0 fully saturated rings. The molecule has 0 aliphatic heterocycles. The Balaban J connectivity index is 2.53. The Kier molecular flexibility index (Phi) is 2.11. The van der Waals surface area contributed by atoms with E-state index in [9.17, 15) is 5.11 Å². The molecule has 0 aromatic heterocycles. The highest BCUT2D eigenvalue weighted by molar-refractivity contribution is 5.77. The van der Waals surface area contributed by atoms with Crippen LogP contribution in [0.5, 0.6) is 5.75 Å². The van der Waals surface area contributed by atoms with E-state index in [0.29, 0.717) is 5.69 Å². The zero-order valence-electron chi connectivity index (χ0n) is 7.64. The maximum atomic E-state index is 9.20. The molecule has 0 amide bonds. The number of benzene rings is 2. The highest BCUT2D eigenvalue weighted by Crippen LogP contribution is 2.28. The molecule has 0 heterocycles. The zero-order chi connectivity index (χ0) is 9.97. The standard InChI is InChI=1S/C12H11NO/c13-12-8-10(14)6-7-11(12)9-4-2-1-3-5-9/h1-8,14H,13H2. The van der Waals surface area contributed by atoms with Gasteiger partial charge in [-0.25, -0.2) is 0 Å². The summed E-state index contributed by atoms with van der Waals surface area (Å²) in [6.07, 6.45) is 0. The lowest BCUT2D eigenvalue weighted by Gasteiger charge is -2.05. The normalized spacial score (nSPS) is 10.0. The SMILES string of the molecule is Nc1cc(O)ccc1-c1ccccc1. The van der Waals surface area contributed by atoms with Crippen molar-refractivity contribution >= 4 is 5.69 Å². The third-order valence-corrected chi connectivity index (χ3v) is 2.12. The molecule has 0 saturated carbocycles. The molecule has 0 radical (unpaired) electrons. The van der Waals surface area contributed by atoms with E-state index in [4.69, 9.17) is 5.73 Å². The molecule has 2 heteroatoms. The molecule has 0 bridgehead atoms. The molecule has 0 saturated heterocycles. The minimum atomic E-state index is 0.196. The van der Waals surface area contributed by atoms with Crippen molar-refractivity contribution in [2.45, 2.75) is 0 Å². The van der Waals surface area contributed by atoms with Crippen molar-refractivity contribution in [3.05, 3.63) is 48.5 Å². The Morgan fingerprint density at radius 1 is 0.929 bits per heavy atom. The van der Waals surface area contributed by atoms with Gasteiger partial charge < -0.3 is 10.8 Å². The highest BCUT2D eigenvalue weighted by Gasteiger charge is 2.01. The van der Waals surface area contributed by atoms with Crippen LogP contribution in [0.3, 0.4) is 0 Å². The molecule has 0 unspecified atom stereocenters. The number of phenols is 1. The number of nitrogen functional groups attached to an aromatic ring is 1. The predicted octanol–water partition coefficient (Wildman–Crippen LogP) is 2.64. The molecular weight excluding hydrogens is 174 g/mol. The second-order valence-electron chi connectivity index (χ2n) is 3.14. The zero-order valence-corrected chi connectivity index (χ0v) is 7.64. The van der Waals surface area contributed by atoms with Gasteiger partial charge in [0.05, 0.1) is 0 Å². The van der Waals surface area contributed by atoms with Gasteiger partial charge in [-0.1, -0.05) is 30.3 Å². The molecule has 2 rings (SSSR count). The summed E-state index contributed by atoms with van der Waals surface area (Å²) in [5.74, 6) is 0.196.